The normalized spacial score (nSPS) is 11.2. The van der Waals surface area contributed by atoms with Crippen molar-refractivity contribution in [1.82, 2.24) is 14.9 Å². The third-order valence-electron chi connectivity index (χ3n) is 4.21. The third-order valence-corrected chi connectivity index (χ3v) is 4.21. The van der Waals surface area contributed by atoms with E-state index in [4.69, 9.17) is 15.2 Å². The number of hydrogen-bond donors (Lipinski definition) is 1. The highest BCUT2D eigenvalue weighted by molar-refractivity contribution is 5.83. The molecule has 0 radical (unpaired) electrons. The molecule has 0 spiro atoms. The Hall–Kier alpha value is -3.61. The molecular weight excluding hydrogens is 354 g/mol. The van der Waals surface area contributed by atoms with Crippen molar-refractivity contribution in [1.29, 1.82) is 0 Å². The molecule has 3 rings (SSSR count). The average molecular weight is 377 g/mol. The Morgan fingerprint density at radius 3 is 1.93 bits per heavy atom. The smallest absolute Gasteiger partial charge is 0.253 e. The van der Waals surface area contributed by atoms with Gasteiger partial charge in [-0.25, -0.2) is 9.97 Å². The number of aromatic nitrogens is 2. The molecule has 28 heavy (non-hydrogen) atoms. The summed E-state index contributed by atoms with van der Waals surface area (Å²) in [5.41, 5.74) is 9.46. The molecule has 7 heteroatoms. The second-order valence-electron chi connectivity index (χ2n) is 6.25. The summed E-state index contributed by atoms with van der Waals surface area (Å²) in [5, 5.41) is 0. The summed E-state index contributed by atoms with van der Waals surface area (Å²) in [5.74, 6) is 2.20. The van der Waals surface area contributed by atoms with Crippen molar-refractivity contribution in [3.63, 3.8) is 0 Å². The van der Waals surface area contributed by atoms with Crippen LogP contribution in [-0.2, 0) is 0 Å². The summed E-state index contributed by atoms with van der Waals surface area (Å²) >= 11 is 0. The Morgan fingerprint density at radius 1 is 0.893 bits per heavy atom. The number of benzene rings is 2. The van der Waals surface area contributed by atoms with Crippen molar-refractivity contribution in [2.75, 3.05) is 28.3 Å². The van der Waals surface area contributed by atoms with Gasteiger partial charge in [-0.3, -0.25) is 0 Å². The molecule has 1 heterocycles. The molecule has 0 bridgehead atoms. The molecule has 0 aliphatic heterocycles. The first-order valence-corrected chi connectivity index (χ1v) is 8.69. The quantitative estimate of drug-likeness (QED) is 0.542. The van der Waals surface area contributed by atoms with Gasteiger partial charge < -0.3 is 20.1 Å². The second-order valence-corrected chi connectivity index (χ2v) is 6.25. The Kier molecular flexibility index (Phi) is 5.74. The van der Waals surface area contributed by atoms with E-state index >= 15 is 0 Å². The first-order valence-electron chi connectivity index (χ1n) is 8.69. The van der Waals surface area contributed by atoms with Crippen molar-refractivity contribution in [2.24, 2.45) is 10.7 Å². The van der Waals surface area contributed by atoms with Crippen LogP contribution < -0.4 is 15.2 Å². The molecule has 0 fully saturated rings. The predicted octanol–water partition coefficient (Wildman–Crippen LogP) is 3.34. The van der Waals surface area contributed by atoms with Gasteiger partial charge in [0.15, 0.2) is 5.96 Å². The van der Waals surface area contributed by atoms with Crippen LogP contribution in [-0.4, -0.2) is 49.1 Å². The van der Waals surface area contributed by atoms with Crippen LogP contribution in [0.3, 0.4) is 0 Å². The molecule has 0 saturated heterocycles. The Labute approximate surface area is 164 Å². The van der Waals surface area contributed by atoms with Crippen LogP contribution in [0, 0.1) is 0 Å². The summed E-state index contributed by atoms with van der Waals surface area (Å²) in [4.78, 5) is 15.0. The highest BCUT2D eigenvalue weighted by atomic mass is 16.5. The molecule has 0 amide bonds. The van der Waals surface area contributed by atoms with Gasteiger partial charge in [0.2, 0.25) is 0 Å². The SMILES string of the molecule is COc1ccc(-c2cnc(/N=C(\N)N(C)C)nc2-c2ccc(OC)cc2)cc1. The van der Waals surface area contributed by atoms with Gasteiger partial charge >= 0.3 is 0 Å². The Bertz CT molecular complexity index is 967. The molecule has 7 nitrogen and oxygen atoms in total. The first-order chi connectivity index (χ1) is 13.5. The summed E-state index contributed by atoms with van der Waals surface area (Å²) in [6.45, 7) is 0. The van der Waals surface area contributed by atoms with E-state index in [-0.39, 0.29) is 0 Å². The molecule has 3 aromatic rings. The highest BCUT2D eigenvalue weighted by Gasteiger charge is 2.13. The van der Waals surface area contributed by atoms with E-state index in [0.29, 0.717) is 11.9 Å². The fourth-order valence-electron chi connectivity index (χ4n) is 2.58. The molecule has 0 unspecified atom stereocenters. The minimum atomic E-state index is 0.300. The van der Waals surface area contributed by atoms with Crippen LogP contribution in [0.15, 0.2) is 59.7 Å². The lowest BCUT2D eigenvalue weighted by Crippen LogP contribution is -2.30. The Balaban J connectivity index is 2.13. The minimum Gasteiger partial charge on any atom is -0.497 e. The lowest BCUT2D eigenvalue weighted by molar-refractivity contribution is 0.414. The number of guanidine groups is 1. The van der Waals surface area contributed by atoms with Crippen LogP contribution in [0.2, 0.25) is 0 Å². The maximum atomic E-state index is 5.92. The van der Waals surface area contributed by atoms with Crippen molar-refractivity contribution in [2.45, 2.75) is 0 Å². The molecule has 2 N–H and O–H groups in total. The average Bonchev–Trinajstić information content (AvgIpc) is 2.74. The number of ether oxygens (including phenoxy) is 2. The van der Waals surface area contributed by atoms with Gasteiger partial charge in [0.05, 0.1) is 19.9 Å². The first kappa shape index (κ1) is 19.2. The lowest BCUT2D eigenvalue weighted by Gasteiger charge is -2.12. The van der Waals surface area contributed by atoms with E-state index in [9.17, 15) is 0 Å². The van der Waals surface area contributed by atoms with Crippen LogP contribution in [0.4, 0.5) is 5.95 Å². The summed E-state index contributed by atoms with van der Waals surface area (Å²) in [6, 6.07) is 15.5. The fraction of sp³-hybridized carbons (Fsp3) is 0.190. The van der Waals surface area contributed by atoms with E-state index in [1.807, 2.05) is 62.6 Å². The minimum absolute atomic E-state index is 0.300. The molecule has 0 aliphatic carbocycles. The predicted molar refractivity (Wildman–Crippen MR) is 111 cm³/mol. The zero-order valence-corrected chi connectivity index (χ0v) is 16.4. The zero-order chi connectivity index (χ0) is 20.1. The summed E-state index contributed by atoms with van der Waals surface area (Å²) in [6.07, 6.45) is 1.76. The van der Waals surface area contributed by atoms with Crippen molar-refractivity contribution in [3.05, 3.63) is 54.7 Å². The third kappa shape index (κ3) is 4.20. The van der Waals surface area contributed by atoms with Gasteiger partial charge in [-0.1, -0.05) is 12.1 Å². The molecule has 1 aromatic heterocycles. The van der Waals surface area contributed by atoms with Gasteiger partial charge in [0.1, 0.15) is 11.5 Å². The fourth-order valence-corrected chi connectivity index (χ4v) is 2.58. The van der Waals surface area contributed by atoms with Gasteiger partial charge in [0.25, 0.3) is 5.95 Å². The van der Waals surface area contributed by atoms with E-state index in [1.54, 1.807) is 25.3 Å². The monoisotopic (exact) mass is 377 g/mol. The van der Waals surface area contributed by atoms with Crippen LogP contribution in [0.25, 0.3) is 22.4 Å². The highest BCUT2D eigenvalue weighted by Crippen LogP contribution is 2.33. The number of aliphatic imine (C=N–C) groups is 1. The molecule has 0 saturated carbocycles. The number of nitrogens with zero attached hydrogens (tertiary/aromatic N) is 4. The van der Waals surface area contributed by atoms with E-state index in [2.05, 4.69) is 15.0 Å². The van der Waals surface area contributed by atoms with Gasteiger partial charge in [0, 0.05) is 31.4 Å². The summed E-state index contributed by atoms with van der Waals surface area (Å²) in [7, 11) is 6.91. The maximum absolute atomic E-state index is 5.92. The van der Waals surface area contributed by atoms with E-state index in [1.165, 1.54) is 0 Å². The van der Waals surface area contributed by atoms with Crippen LogP contribution in [0.1, 0.15) is 0 Å². The standard InChI is InChI=1S/C21H23N5O2/c1-26(2)20(22)25-21-23-13-18(14-5-9-16(27-3)10-6-14)19(24-21)15-7-11-17(28-4)12-8-15/h5-13H,1-4H3,(H2,22,23,24,25). The topological polar surface area (TPSA) is 85.9 Å². The number of methoxy groups -OCH3 is 2. The van der Waals surface area contributed by atoms with Crippen LogP contribution in [0.5, 0.6) is 11.5 Å². The second kappa shape index (κ2) is 8.39. The van der Waals surface area contributed by atoms with Gasteiger partial charge in [-0.15, -0.1) is 0 Å². The van der Waals surface area contributed by atoms with Crippen molar-refractivity contribution < 1.29 is 9.47 Å². The molecular formula is C21H23N5O2. The number of nitrogens with two attached hydrogens (primary N) is 1. The number of hydrogen-bond acceptors (Lipinski definition) is 5. The molecule has 144 valence electrons. The lowest BCUT2D eigenvalue weighted by atomic mass is 10.0. The maximum Gasteiger partial charge on any atom is 0.253 e. The molecule has 2 aromatic carbocycles. The Morgan fingerprint density at radius 2 is 1.43 bits per heavy atom. The van der Waals surface area contributed by atoms with E-state index in [0.717, 1.165) is 33.9 Å². The zero-order valence-electron chi connectivity index (χ0n) is 16.4. The van der Waals surface area contributed by atoms with Crippen molar-refractivity contribution >= 4 is 11.9 Å². The van der Waals surface area contributed by atoms with Crippen LogP contribution >= 0.6 is 0 Å². The largest absolute Gasteiger partial charge is 0.497 e. The van der Waals surface area contributed by atoms with E-state index < -0.39 is 0 Å². The molecule has 0 aliphatic rings. The van der Waals surface area contributed by atoms with Gasteiger partial charge in [-0.2, -0.15) is 4.99 Å². The number of rotatable bonds is 5. The molecule has 0 atom stereocenters. The summed E-state index contributed by atoms with van der Waals surface area (Å²) < 4.78 is 10.5. The van der Waals surface area contributed by atoms with Gasteiger partial charge in [-0.05, 0) is 42.0 Å². The van der Waals surface area contributed by atoms with Crippen molar-refractivity contribution in [3.8, 4) is 33.9 Å².